The number of amides is 1. The van der Waals surface area contributed by atoms with Crippen LogP contribution >= 0.6 is 11.3 Å². The predicted octanol–water partition coefficient (Wildman–Crippen LogP) is 5.05. The van der Waals surface area contributed by atoms with E-state index < -0.39 is 0 Å². The maximum Gasteiger partial charge on any atom is 0.267 e. The monoisotopic (exact) mass is 376 g/mol. The van der Waals surface area contributed by atoms with Gasteiger partial charge in [0.1, 0.15) is 15.5 Å². The zero-order valence-corrected chi connectivity index (χ0v) is 16.3. The van der Waals surface area contributed by atoms with E-state index in [1.807, 2.05) is 50.2 Å². The average molecular weight is 376 g/mol. The minimum atomic E-state index is -0.126. The zero-order valence-electron chi connectivity index (χ0n) is 15.5. The summed E-state index contributed by atoms with van der Waals surface area (Å²) in [6, 6.07) is 11.8. The number of thiazole rings is 1. The summed E-state index contributed by atoms with van der Waals surface area (Å²) in [5, 5.41) is 4.87. The molecule has 4 aromatic rings. The number of benzene rings is 1. The standard InChI is InChI=1S/C21H20N4OS/c1-4-25-12-17(16-9-6-10-22-19(16)25)21-23-14(3)18(27-21)20(26)24-15-8-5-7-13(2)11-15/h5-12H,4H2,1-3H3,(H,24,26). The van der Waals surface area contributed by atoms with Gasteiger partial charge in [-0.3, -0.25) is 4.79 Å². The molecule has 1 N–H and O–H groups in total. The van der Waals surface area contributed by atoms with Crippen LogP contribution in [0, 0.1) is 13.8 Å². The van der Waals surface area contributed by atoms with E-state index in [9.17, 15) is 4.79 Å². The summed E-state index contributed by atoms with van der Waals surface area (Å²) in [5.74, 6) is -0.126. The smallest absolute Gasteiger partial charge is 0.267 e. The highest BCUT2D eigenvalue weighted by molar-refractivity contribution is 7.17. The molecule has 1 amide bonds. The van der Waals surface area contributed by atoms with Gasteiger partial charge in [-0.15, -0.1) is 11.3 Å². The number of hydrogen-bond acceptors (Lipinski definition) is 4. The van der Waals surface area contributed by atoms with Crippen molar-refractivity contribution in [3.63, 3.8) is 0 Å². The van der Waals surface area contributed by atoms with Crippen LogP contribution in [-0.2, 0) is 6.54 Å². The van der Waals surface area contributed by atoms with Crippen molar-refractivity contribution in [2.75, 3.05) is 5.32 Å². The third-order valence-electron chi connectivity index (χ3n) is 4.48. The lowest BCUT2D eigenvalue weighted by atomic mass is 10.2. The summed E-state index contributed by atoms with van der Waals surface area (Å²) in [6.07, 6.45) is 3.87. The number of aromatic nitrogens is 3. The summed E-state index contributed by atoms with van der Waals surface area (Å²) in [5.41, 5.74) is 4.59. The maximum atomic E-state index is 12.8. The SMILES string of the molecule is CCn1cc(-c2nc(C)c(C(=O)Nc3cccc(C)c3)s2)c2cccnc21. The molecule has 0 saturated heterocycles. The molecule has 6 heteroatoms. The van der Waals surface area contributed by atoms with Gasteiger partial charge >= 0.3 is 0 Å². The number of carbonyl (C=O) groups excluding carboxylic acids is 1. The van der Waals surface area contributed by atoms with E-state index in [2.05, 4.69) is 33.0 Å². The van der Waals surface area contributed by atoms with E-state index in [4.69, 9.17) is 0 Å². The largest absolute Gasteiger partial charge is 0.332 e. The second kappa shape index (κ2) is 6.96. The van der Waals surface area contributed by atoms with E-state index in [1.54, 1.807) is 6.20 Å². The van der Waals surface area contributed by atoms with Crippen LogP contribution in [0.2, 0.25) is 0 Å². The van der Waals surface area contributed by atoms with Gasteiger partial charge in [-0.1, -0.05) is 12.1 Å². The van der Waals surface area contributed by atoms with Crippen molar-refractivity contribution in [1.29, 1.82) is 0 Å². The highest BCUT2D eigenvalue weighted by Gasteiger charge is 2.19. The highest BCUT2D eigenvalue weighted by Crippen LogP contribution is 2.34. The van der Waals surface area contributed by atoms with Crippen LogP contribution in [0.1, 0.15) is 27.9 Å². The third kappa shape index (κ3) is 3.24. The molecular weight excluding hydrogens is 356 g/mol. The fourth-order valence-corrected chi connectivity index (χ4v) is 4.15. The number of nitrogens with zero attached hydrogens (tertiary/aromatic N) is 3. The van der Waals surface area contributed by atoms with E-state index in [-0.39, 0.29) is 5.91 Å². The first-order valence-electron chi connectivity index (χ1n) is 8.86. The van der Waals surface area contributed by atoms with Crippen molar-refractivity contribution in [3.8, 4) is 10.6 Å². The quantitative estimate of drug-likeness (QED) is 0.542. The summed E-state index contributed by atoms with van der Waals surface area (Å²) in [4.78, 5) is 22.6. The molecule has 3 aromatic heterocycles. The number of anilines is 1. The number of hydrogen-bond donors (Lipinski definition) is 1. The van der Waals surface area contributed by atoms with Gasteiger partial charge in [-0.25, -0.2) is 9.97 Å². The number of fused-ring (bicyclic) bond motifs is 1. The first-order valence-corrected chi connectivity index (χ1v) is 9.68. The molecule has 0 radical (unpaired) electrons. The van der Waals surface area contributed by atoms with Crippen molar-refractivity contribution in [2.24, 2.45) is 0 Å². The van der Waals surface area contributed by atoms with Crippen molar-refractivity contribution < 1.29 is 4.79 Å². The van der Waals surface area contributed by atoms with Gasteiger partial charge < -0.3 is 9.88 Å². The number of nitrogens with one attached hydrogen (secondary N) is 1. The van der Waals surface area contributed by atoms with Crippen LogP contribution < -0.4 is 5.32 Å². The van der Waals surface area contributed by atoms with E-state index >= 15 is 0 Å². The molecule has 0 aliphatic carbocycles. The maximum absolute atomic E-state index is 12.8. The van der Waals surface area contributed by atoms with Crippen molar-refractivity contribution in [1.82, 2.24) is 14.5 Å². The van der Waals surface area contributed by atoms with Gasteiger partial charge in [-0.2, -0.15) is 0 Å². The number of aryl methyl sites for hydroxylation is 3. The number of carbonyl (C=O) groups is 1. The van der Waals surface area contributed by atoms with Crippen LogP contribution in [0.3, 0.4) is 0 Å². The molecule has 3 heterocycles. The van der Waals surface area contributed by atoms with E-state index in [0.29, 0.717) is 4.88 Å². The lowest BCUT2D eigenvalue weighted by molar-refractivity contribution is 0.103. The first kappa shape index (κ1) is 17.4. The molecule has 27 heavy (non-hydrogen) atoms. The second-order valence-corrected chi connectivity index (χ2v) is 7.46. The average Bonchev–Trinajstić information content (AvgIpc) is 3.22. The van der Waals surface area contributed by atoms with Crippen LogP contribution in [-0.4, -0.2) is 20.4 Å². The Bertz CT molecular complexity index is 1140. The number of rotatable bonds is 4. The fraction of sp³-hybridized carbons (Fsp3) is 0.190. The lowest BCUT2D eigenvalue weighted by Gasteiger charge is -2.04. The molecule has 0 unspecified atom stereocenters. The van der Waals surface area contributed by atoms with E-state index in [0.717, 1.165) is 45.1 Å². The zero-order chi connectivity index (χ0) is 19.0. The Labute approximate surface area is 161 Å². The number of pyridine rings is 1. The Balaban J connectivity index is 1.71. The summed E-state index contributed by atoms with van der Waals surface area (Å²) in [6.45, 7) is 6.80. The highest BCUT2D eigenvalue weighted by atomic mass is 32.1. The molecule has 5 nitrogen and oxygen atoms in total. The van der Waals surface area contributed by atoms with E-state index in [1.165, 1.54) is 11.3 Å². The van der Waals surface area contributed by atoms with Crippen molar-refractivity contribution in [3.05, 3.63) is 64.9 Å². The van der Waals surface area contributed by atoms with Gasteiger partial charge in [0.15, 0.2) is 0 Å². The molecule has 1 aromatic carbocycles. The summed E-state index contributed by atoms with van der Waals surface area (Å²) >= 11 is 1.42. The summed E-state index contributed by atoms with van der Waals surface area (Å²) < 4.78 is 2.11. The normalized spacial score (nSPS) is 11.1. The molecule has 136 valence electrons. The topological polar surface area (TPSA) is 59.8 Å². The lowest BCUT2D eigenvalue weighted by Crippen LogP contribution is -2.11. The molecular formula is C21H20N4OS. The second-order valence-electron chi connectivity index (χ2n) is 6.46. The molecule has 0 spiro atoms. The third-order valence-corrected chi connectivity index (χ3v) is 5.67. The van der Waals surface area contributed by atoms with Crippen LogP contribution in [0.5, 0.6) is 0 Å². The molecule has 0 aliphatic heterocycles. The van der Waals surface area contributed by atoms with Crippen LogP contribution in [0.15, 0.2) is 48.8 Å². The molecule has 0 aliphatic rings. The van der Waals surface area contributed by atoms with Gasteiger partial charge in [0.2, 0.25) is 0 Å². The van der Waals surface area contributed by atoms with Crippen LogP contribution in [0.25, 0.3) is 21.6 Å². The minimum Gasteiger partial charge on any atom is -0.332 e. The Morgan fingerprint density at radius 1 is 1.22 bits per heavy atom. The summed E-state index contributed by atoms with van der Waals surface area (Å²) in [7, 11) is 0. The predicted molar refractivity (Wildman–Crippen MR) is 110 cm³/mol. The van der Waals surface area contributed by atoms with Crippen molar-refractivity contribution in [2.45, 2.75) is 27.3 Å². The Morgan fingerprint density at radius 3 is 2.85 bits per heavy atom. The van der Waals surface area contributed by atoms with Crippen molar-refractivity contribution >= 4 is 34.0 Å². The molecule has 4 rings (SSSR count). The Morgan fingerprint density at radius 2 is 2.07 bits per heavy atom. The molecule has 0 saturated carbocycles. The van der Waals surface area contributed by atoms with Gasteiger partial charge in [0.25, 0.3) is 5.91 Å². The van der Waals surface area contributed by atoms with Gasteiger partial charge in [0, 0.05) is 35.6 Å². The minimum absolute atomic E-state index is 0.126. The Kier molecular flexibility index (Phi) is 4.49. The molecule has 0 fully saturated rings. The Hall–Kier alpha value is -2.99. The van der Waals surface area contributed by atoms with Gasteiger partial charge in [0.05, 0.1) is 5.69 Å². The molecule has 0 atom stereocenters. The van der Waals surface area contributed by atoms with Crippen LogP contribution in [0.4, 0.5) is 5.69 Å². The molecule has 0 bridgehead atoms. The first-order chi connectivity index (χ1) is 13.1. The fourth-order valence-electron chi connectivity index (χ4n) is 3.17. The van der Waals surface area contributed by atoms with Gasteiger partial charge in [-0.05, 0) is 50.6 Å².